The third kappa shape index (κ3) is 9.87. The molecule has 224 valence electrons. The highest BCUT2D eigenvalue weighted by atomic mass is 32.1. The van der Waals surface area contributed by atoms with E-state index in [2.05, 4.69) is 27.8 Å². The van der Waals surface area contributed by atoms with E-state index in [1.54, 1.807) is 18.2 Å². The Labute approximate surface area is 236 Å². The zero-order chi connectivity index (χ0) is 30.2. The summed E-state index contributed by atoms with van der Waals surface area (Å²) in [6.07, 6.45) is -10.3. The molecule has 0 amide bonds. The van der Waals surface area contributed by atoms with Crippen LogP contribution < -0.4 is 20.7 Å². The Hall–Kier alpha value is -3.41. The van der Waals surface area contributed by atoms with Gasteiger partial charge in [0.15, 0.2) is 6.61 Å². The summed E-state index contributed by atoms with van der Waals surface area (Å²) in [7, 11) is 3.80. The Morgan fingerprint density at radius 2 is 1.68 bits per heavy atom. The molecule has 3 aromatic rings. The topological polar surface area (TPSA) is 68.8 Å². The summed E-state index contributed by atoms with van der Waals surface area (Å²) in [6, 6.07) is 6.98. The average molecular weight is 607 g/mol. The molecule has 1 heterocycles. The molecule has 0 aliphatic heterocycles. The van der Waals surface area contributed by atoms with Crippen LogP contribution in [-0.2, 0) is 6.42 Å². The Bertz CT molecular complexity index is 1380. The molecule has 0 aliphatic carbocycles. The summed E-state index contributed by atoms with van der Waals surface area (Å²) < 4.78 is 98.5. The number of rotatable bonds is 12. The highest BCUT2D eigenvalue weighted by Gasteiger charge is 2.31. The second-order valence-corrected chi connectivity index (χ2v) is 10.2. The molecule has 6 nitrogen and oxygen atoms in total. The Morgan fingerprint density at radius 3 is 2.34 bits per heavy atom. The van der Waals surface area contributed by atoms with Gasteiger partial charge in [0.05, 0.1) is 46.2 Å². The number of aliphatic hydroxyl groups excluding tert-OH is 1. The molecule has 0 atom stereocenters. The van der Waals surface area contributed by atoms with Crippen LogP contribution in [0.3, 0.4) is 0 Å². The number of nitrogens with zero attached hydrogens (tertiary/aromatic N) is 1. The molecule has 0 bridgehead atoms. The number of fused-ring (bicyclic) bond motifs is 1. The van der Waals surface area contributed by atoms with Gasteiger partial charge in [-0.25, -0.2) is 4.39 Å². The van der Waals surface area contributed by atoms with Crippen LogP contribution in [0.25, 0.3) is 10.1 Å². The average Bonchev–Trinajstić information content (AvgIpc) is 3.21. The van der Waals surface area contributed by atoms with E-state index in [4.69, 9.17) is 9.84 Å². The molecule has 4 N–H and O–H groups in total. The number of alkyl halides is 6. The van der Waals surface area contributed by atoms with Crippen LogP contribution in [0.2, 0.25) is 0 Å². The zero-order valence-electron chi connectivity index (χ0n) is 22.2. The van der Waals surface area contributed by atoms with Crippen molar-refractivity contribution in [1.82, 2.24) is 4.90 Å². The minimum absolute atomic E-state index is 0.0285. The van der Waals surface area contributed by atoms with Crippen LogP contribution in [0, 0.1) is 17.7 Å². The van der Waals surface area contributed by atoms with Gasteiger partial charge in [-0.15, -0.1) is 11.3 Å². The lowest BCUT2D eigenvalue weighted by molar-refractivity contribution is -0.153. The van der Waals surface area contributed by atoms with Gasteiger partial charge in [-0.2, -0.15) is 26.3 Å². The monoisotopic (exact) mass is 606 g/mol. The summed E-state index contributed by atoms with van der Waals surface area (Å²) >= 11 is 1.11. The van der Waals surface area contributed by atoms with E-state index in [0.717, 1.165) is 23.5 Å². The maximum Gasteiger partial charge on any atom is 0.422 e. The van der Waals surface area contributed by atoms with Gasteiger partial charge in [0.25, 0.3) is 0 Å². The van der Waals surface area contributed by atoms with Crippen LogP contribution in [0.1, 0.15) is 10.4 Å². The van der Waals surface area contributed by atoms with Gasteiger partial charge < -0.3 is 30.7 Å². The molecule has 0 aliphatic rings. The van der Waals surface area contributed by atoms with Crippen LogP contribution in [-0.4, -0.2) is 75.8 Å². The first-order chi connectivity index (χ1) is 19.3. The molecule has 0 unspecified atom stereocenters. The van der Waals surface area contributed by atoms with Gasteiger partial charge in [0.2, 0.25) is 0 Å². The van der Waals surface area contributed by atoms with Crippen molar-refractivity contribution in [1.29, 1.82) is 0 Å². The first kappa shape index (κ1) is 32.1. The first-order valence-electron chi connectivity index (χ1n) is 12.4. The Morgan fingerprint density at radius 1 is 0.951 bits per heavy atom. The van der Waals surface area contributed by atoms with Crippen molar-refractivity contribution < 1.29 is 40.6 Å². The smallest absolute Gasteiger partial charge is 0.422 e. The standard InChI is InChI=1S/C27H29F7N4O2S/c1-38(2)11-9-36-20-6-3-5-17-18(15-26(29,30)31)24(41-25(17)20)7-4-8-35-22-13-19(28)21(37-10-12-39)14-23(22)40-16-27(32,33)34/h3,5-6,13-14,35-37,39H,8-12,15-16H2,1-2H3. The molecule has 3 rings (SSSR count). The van der Waals surface area contributed by atoms with E-state index in [1.165, 1.54) is 0 Å². The SMILES string of the molecule is CN(C)CCNc1cccc2c(CC(F)(F)F)c(C#CCNc3cc(F)c(NCCO)cc3OCC(F)(F)F)sc12. The van der Waals surface area contributed by atoms with Gasteiger partial charge in [-0.3, -0.25) is 0 Å². The fourth-order valence-corrected chi connectivity index (χ4v) is 4.95. The number of aliphatic hydroxyl groups is 1. The van der Waals surface area contributed by atoms with E-state index >= 15 is 0 Å². The number of anilines is 3. The van der Waals surface area contributed by atoms with E-state index in [-0.39, 0.29) is 47.3 Å². The lowest BCUT2D eigenvalue weighted by Crippen LogP contribution is -2.20. The lowest BCUT2D eigenvalue weighted by Gasteiger charge is -2.16. The molecular formula is C27H29F7N4O2S. The molecule has 0 fully saturated rings. The molecule has 0 radical (unpaired) electrons. The van der Waals surface area contributed by atoms with Crippen molar-refractivity contribution in [3.8, 4) is 17.6 Å². The maximum absolute atomic E-state index is 14.5. The summed E-state index contributed by atoms with van der Waals surface area (Å²) in [5.74, 6) is 4.29. The minimum Gasteiger partial charge on any atom is -0.482 e. The minimum atomic E-state index is -4.65. The largest absolute Gasteiger partial charge is 0.482 e. The van der Waals surface area contributed by atoms with Crippen molar-refractivity contribution >= 4 is 38.5 Å². The Balaban J connectivity index is 1.88. The quantitative estimate of drug-likeness (QED) is 0.152. The van der Waals surface area contributed by atoms with E-state index in [0.29, 0.717) is 28.9 Å². The number of benzene rings is 2. The normalized spacial score (nSPS) is 11.9. The van der Waals surface area contributed by atoms with Crippen LogP contribution in [0.15, 0.2) is 30.3 Å². The number of thiophene rings is 1. The fraction of sp³-hybridized carbons (Fsp3) is 0.407. The molecular weight excluding hydrogens is 577 g/mol. The summed E-state index contributed by atoms with van der Waals surface area (Å²) in [6.45, 7) is -0.952. The number of hydrogen-bond acceptors (Lipinski definition) is 7. The number of likely N-dealkylation sites (N-methyl/N-ethyl adjacent to an activating group) is 1. The number of halogens is 7. The molecule has 2 aromatic carbocycles. The number of nitrogens with one attached hydrogen (secondary N) is 3. The molecule has 41 heavy (non-hydrogen) atoms. The third-order valence-corrected chi connectivity index (χ3v) is 6.72. The van der Waals surface area contributed by atoms with E-state index < -0.39 is 31.2 Å². The van der Waals surface area contributed by atoms with Crippen LogP contribution in [0.4, 0.5) is 47.8 Å². The van der Waals surface area contributed by atoms with Gasteiger partial charge >= 0.3 is 12.4 Å². The van der Waals surface area contributed by atoms with E-state index in [9.17, 15) is 30.7 Å². The van der Waals surface area contributed by atoms with Crippen LogP contribution in [0.5, 0.6) is 5.75 Å². The summed E-state index contributed by atoms with van der Waals surface area (Å²) in [5.41, 5.74) is 0.404. The van der Waals surface area contributed by atoms with Crippen LogP contribution >= 0.6 is 11.3 Å². The summed E-state index contributed by atoms with van der Waals surface area (Å²) in [4.78, 5) is 2.16. The van der Waals surface area contributed by atoms with Gasteiger partial charge in [0.1, 0.15) is 11.6 Å². The lowest BCUT2D eigenvalue weighted by atomic mass is 10.1. The number of hydrogen-bond donors (Lipinski definition) is 4. The van der Waals surface area contributed by atoms with Gasteiger partial charge in [0, 0.05) is 31.8 Å². The first-order valence-corrected chi connectivity index (χ1v) is 13.2. The molecule has 14 heteroatoms. The van der Waals surface area contributed by atoms with Crippen molar-refractivity contribution in [3.63, 3.8) is 0 Å². The molecule has 1 aromatic heterocycles. The predicted octanol–water partition coefficient (Wildman–Crippen LogP) is 5.93. The van der Waals surface area contributed by atoms with Crippen molar-refractivity contribution in [2.24, 2.45) is 0 Å². The highest BCUT2D eigenvalue weighted by Crippen LogP contribution is 2.39. The Kier molecular flexibility index (Phi) is 10.9. The predicted molar refractivity (Wildman–Crippen MR) is 148 cm³/mol. The molecule has 0 saturated carbocycles. The second-order valence-electron chi connectivity index (χ2n) is 9.15. The number of ether oxygens (including phenoxy) is 1. The van der Waals surface area contributed by atoms with Crippen molar-refractivity contribution in [2.45, 2.75) is 18.8 Å². The zero-order valence-corrected chi connectivity index (χ0v) is 23.0. The highest BCUT2D eigenvalue weighted by molar-refractivity contribution is 7.20. The van der Waals surface area contributed by atoms with Crippen molar-refractivity contribution in [2.75, 3.05) is 69.4 Å². The van der Waals surface area contributed by atoms with Gasteiger partial charge in [-0.05, 0) is 31.1 Å². The molecule has 0 spiro atoms. The van der Waals surface area contributed by atoms with E-state index in [1.807, 2.05) is 19.0 Å². The molecule has 0 saturated heterocycles. The maximum atomic E-state index is 14.5. The third-order valence-electron chi connectivity index (χ3n) is 5.53. The second kappa shape index (κ2) is 14.0. The summed E-state index contributed by atoms with van der Waals surface area (Å²) in [5, 5.41) is 17.8. The van der Waals surface area contributed by atoms with Crippen molar-refractivity contribution in [3.05, 3.63) is 46.6 Å². The fourth-order valence-electron chi connectivity index (χ4n) is 3.76. The van der Waals surface area contributed by atoms with Gasteiger partial charge in [-0.1, -0.05) is 24.0 Å².